The number of hydrogen-bond acceptors (Lipinski definition) is 5. The summed E-state index contributed by atoms with van der Waals surface area (Å²) < 4.78 is 5.89. The summed E-state index contributed by atoms with van der Waals surface area (Å²) in [7, 11) is 0.646. The number of rotatable bonds is 5. The Labute approximate surface area is 187 Å². The predicted molar refractivity (Wildman–Crippen MR) is 125 cm³/mol. The lowest BCUT2D eigenvalue weighted by Crippen LogP contribution is -2.48. The Balaban J connectivity index is 1.57. The van der Waals surface area contributed by atoms with E-state index in [9.17, 15) is 9.90 Å². The number of carbonyl (C=O) groups excluding carboxylic acids is 1. The number of hydrogen-bond donors (Lipinski definition) is 1. The standard InChI is InChI=1S/C22H24ClN2O3PS/c1-13(2)28-18-10-16(23)5-4-15(18)11-25-7-6-24-12-17(22-29-8-9-30-22)14(3)20(26)19(24)21(25)27/h4-5,8-10,12-13,22,26,29H,3,6-7,11H2,1-2H3. The van der Waals surface area contributed by atoms with Crippen LogP contribution in [-0.4, -0.2) is 45.0 Å². The number of nitrogens with zero attached hydrogens (tertiary/aromatic N) is 2. The van der Waals surface area contributed by atoms with Gasteiger partial charge in [-0.25, -0.2) is 0 Å². The maximum Gasteiger partial charge on any atom is 0.274 e. The van der Waals surface area contributed by atoms with E-state index in [-0.39, 0.29) is 22.8 Å². The molecule has 0 saturated carbocycles. The van der Waals surface area contributed by atoms with Gasteiger partial charge in [-0.1, -0.05) is 38.6 Å². The van der Waals surface area contributed by atoms with Crippen LogP contribution < -0.4 is 4.74 Å². The van der Waals surface area contributed by atoms with Crippen molar-refractivity contribution in [1.82, 2.24) is 9.80 Å². The van der Waals surface area contributed by atoms with Crippen LogP contribution in [0.5, 0.6) is 5.75 Å². The molecule has 1 amide bonds. The number of thioether (sulfide) groups is 1. The van der Waals surface area contributed by atoms with Gasteiger partial charge in [0.2, 0.25) is 0 Å². The second-order valence-corrected chi connectivity index (χ2v) is 10.7. The van der Waals surface area contributed by atoms with E-state index < -0.39 is 0 Å². The number of fused-ring (bicyclic) bond motifs is 1. The van der Waals surface area contributed by atoms with Crippen LogP contribution in [0.3, 0.4) is 0 Å². The van der Waals surface area contributed by atoms with Crippen molar-refractivity contribution in [3.8, 4) is 5.75 Å². The van der Waals surface area contributed by atoms with Crippen LogP contribution in [0.2, 0.25) is 5.02 Å². The summed E-state index contributed by atoms with van der Waals surface area (Å²) >= 11 is 7.86. The summed E-state index contributed by atoms with van der Waals surface area (Å²) in [5.41, 5.74) is 2.72. The lowest BCUT2D eigenvalue weighted by Gasteiger charge is -2.39. The topological polar surface area (TPSA) is 53.0 Å². The van der Waals surface area contributed by atoms with Gasteiger partial charge in [-0.2, -0.15) is 0 Å². The molecule has 4 rings (SSSR count). The Morgan fingerprint density at radius 3 is 2.90 bits per heavy atom. The monoisotopic (exact) mass is 462 g/mol. The minimum Gasteiger partial charge on any atom is -0.505 e. The SMILES string of the molecule is C=C1C(C2PC=CS2)=CN2CCN(Cc3ccc(Cl)cc3OC(C)C)C(=O)C2=C1O. The molecule has 0 spiro atoms. The summed E-state index contributed by atoms with van der Waals surface area (Å²) in [5.74, 6) is 2.59. The van der Waals surface area contributed by atoms with Crippen molar-refractivity contribution in [1.29, 1.82) is 0 Å². The third kappa shape index (κ3) is 4.14. The quantitative estimate of drug-likeness (QED) is 0.608. The van der Waals surface area contributed by atoms with Crippen molar-refractivity contribution in [2.45, 2.75) is 31.5 Å². The summed E-state index contributed by atoms with van der Waals surface area (Å²) in [6.07, 6.45) is 1.98. The first kappa shape index (κ1) is 21.4. The van der Waals surface area contributed by atoms with E-state index >= 15 is 0 Å². The van der Waals surface area contributed by atoms with Gasteiger partial charge in [-0.05, 0) is 37.0 Å². The number of amides is 1. The smallest absolute Gasteiger partial charge is 0.274 e. The number of halogens is 1. The minimum atomic E-state index is -0.208. The van der Waals surface area contributed by atoms with Crippen LogP contribution in [-0.2, 0) is 11.3 Å². The molecule has 3 heterocycles. The Morgan fingerprint density at radius 2 is 2.20 bits per heavy atom. The average Bonchev–Trinajstić information content (AvgIpc) is 3.22. The third-order valence-corrected chi connectivity index (χ3v) is 8.19. The Bertz CT molecular complexity index is 981. The number of carbonyl (C=O) groups is 1. The summed E-state index contributed by atoms with van der Waals surface area (Å²) in [4.78, 5) is 17.1. The van der Waals surface area contributed by atoms with Crippen LogP contribution in [0.4, 0.5) is 0 Å². The molecule has 158 valence electrons. The largest absolute Gasteiger partial charge is 0.505 e. The molecule has 3 aliphatic heterocycles. The lowest BCUT2D eigenvalue weighted by molar-refractivity contribution is -0.131. The Morgan fingerprint density at radius 1 is 1.40 bits per heavy atom. The molecule has 5 nitrogen and oxygen atoms in total. The van der Waals surface area contributed by atoms with E-state index in [1.807, 2.05) is 31.0 Å². The van der Waals surface area contributed by atoms with Crippen molar-refractivity contribution in [2.75, 3.05) is 13.1 Å². The number of piperazine rings is 1. The van der Waals surface area contributed by atoms with Crippen LogP contribution in [0, 0.1) is 0 Å². The van der Waals surface area contributed by atoms with Gasteiger partial charge in [-0.3, -0.25) is 4.79 Å². The Hall–Kier alpha value is -1.88. The van der Waals surface area contributed by atoms with E-state index in [4.69, 9.17) is 16.3 Å². The maximum atomic E-state index is 13.3. The molecule has 2 unspecified atom stereocenters. The average molecular weight is 463 g/mol. The number of aliphatic hydroxyl groups excluding tert-OH is 1. The van der Waals surface area contributed by atoms with Crippen LogP contribution in [0.25, 0.3) is 0 Å². The Kier molecular flexibility index (Phi) is 6.19. The van der Waals surface area contributed by atoms with Crippen molar-refractivity contribution in [3.05, 3.63) is 75.4 Å². The van der Waals surface area contributed by atoms with Gasteiger partial charge in [-0.15, -0.1) is 11.8 Å². The molecule has 3 aliphatic rings. The highest BCUT2D eigenvalue weighted by Gasteiger charge is 2.37. The predicted octanol–water partition coefficient (Wildman–Crippen LogP) is 5.22. The molecule has 30 heavy (non-hydrogen) atoms. The van der Waals surface area contributed by atoms with Gasteiger partial charge >= 0.3 is 0 Å². The van der Waals surface area contributed by atoms with Gasteiger partial charge in [0.25, 0.3) is 5.91 Å². The van der Waals surface area contributed by atoms with E-state index in [1.54, 1.807) is 28.8 Å². The maximum absolute atomic E-state index is 13.3. The molecule has 1 fully saturated rings. The van der Waals surface area contributed by atoms with Crippen molar-refractivity contribution >= 4 is 37.9 Å². The zero-order chi connectivity index (χ0) is 21.4. The highest BCUT2D eigenvalue weighted by Crippen LogP contribution is 2.48. The molecule has 8 heteroatoms. The first-order valence-corrected chi connectivity index (χ1v) is 12.2. The molecule has 0 bridgehead atoms. The molecule has 1 aromatic rings. The zero-order valence-corrected chi connectivity index (χ0v) is 19.5. The number of benzene rings is 1. The molecule has 1 aromatic carbocycles. The summed E-state index contributed by atoms with van der Waals surface area (Å²) in [6.45, 7) is 9.52. The normalized spacial score (nSPS) is 22.3. The minimum absolute atomic E-state index is 0.00426. The third-order valence-electron chi connectivity index (χ3n) is 5.11. The van der Waals surface area contributed by atoms with E-state index in [0.717, 1.165) is 11.1 Å². The molecule has 1 N–H and O–H groups in total. The highest BCUT2D eigenvalue weighted by atomic mass is 35.5. The number of ether oxygens (including phenoxy) is 1. The zero-order valence-electron chi connectivity index (χ0n) is 16.9. The fraction of sp³-hybridized carbons (Fsp3) is 0.318. The first-order valence-electron chi connectivity index (χ1n) is 9.77. The molecule has 2 atom stereocenters. The van der Waals surface area contributed by atoms with Gasteiger partial charge in [0, 0.05) is 42.0 Å². The van der Waals surface area contributed by atoms with Crippen LogP contribution in [0.1, 0.15) is 19.4 Å². The van der Waals surface area contributed by atoms with Crippen molar-refractivity contribution < 1.29 is 14.6 Å². The van der Waals surface area contributed by atoms with Crippen LogP contribution in [0.15, 0.2) is 64.8 Å². The fourth-order valence-electron chi connectivity index (χ4n) is 3.66. The first-order chi connectivity index (χ1) is 14.3. The number of allylic oxidation sites excluding steroid dienone is 1. The van der Waals surface area contributed by atoms with Gasteiger partial charge < -0.3 is 19.6 Å². The second kappa shape index (κ2) is 8.70. The van der Waals surface area contributed by atoms with E-state index in [0.29, 0.717) is 50.3 Å². The summed E-state index contributed by atoms with van der Waals surface area (Å²) in [6, 6.07) is 5.46. The fourth-order valence-corrected chi connectivity index (χ4v) is 6.34. The van der Waals surface area contributed by atoms with E-state index in [1.165, 1.54) is 0 Å². The second-order valence-electron chi connectivity index (χ2n) is 7.58. The van der Waals surface area contributed by atoms with Crippen LogP contribution >= 0.6 is 31.9 Å². The van der Waals surface area contributed by atoms with E-state index in [2.05, 4.69) is 17.8 Å². The van der Waals surface area contributed by atoms with Crippen molar-refractivity contribution in [3.63, 3.8) is 0 Å². The molecule has 0 aromatic heterocycles. The van der Waals surface area contributed by atoms with Gasteiger partial charge in [0.15, 0.2) is 5.76 Å². The van der Waals surface area contributed by atoms with Crippen molar-refractivity contribution in [2.24, 2.45) is 0 Å². The van der Waals surface area contributed by atoms with Gasteiger partial charge in [0.05, 0.1) is 11.1 Å². The molecule has 1 saturated heterocycles. The molecular weight excluding hydrogens is 439 g/mol. The molecule has 0 radical (unpaired) electrons. The molecule has 0 aliphatic carbocycles. The molecular formula is C22H24ClN2O3PS. The van der Waals surface area contributed by atoms with Gasteiger partial charge in [0.1, 0.15) is 11.4 Å². The summed E-state index contributed by atoms with van der Waals surface area (Å²) in [5, 5.41) is 13.5. The highest BCUT2D eigenvalue weighted by molar-refractivity contribution is 8.08. The number of aliphatic hydroxyl groups is 1. The lowest BCUT2D eigenvalue weighted by atomic mass is 10.0.